The number of rotatable bonds is 6. The lowest BCUT2D eigenvalue weighted by molar-refractivity contribution is 0.181. The van der Waals surface area contributed by atoms with Gasteiger partial charge < -0.3 is 15.4 Å². The van der Waals surface area contributed by atoms with Gasteiger partial charge in [-0.2, -0.15) is 0 Å². The summed E-state index contributed by atoms with van der Waals surface area (Å²) < 4.78 is 5.18. The molecule has 0 fully saturated rings. The molecule has 0 amide bonds. The molecule has 1 heterocycles. The SMILES string of the molecule is CCc1nc(N)cc(N(CC)C(C)COC)n1. The Hall–Kier alpha value is -1.36. The van der Waals surface area contributed by atoms with Gasteiger partial charge in [0.15, 0.2) is 0 Å². The monoisotopic (exact) mass is 238 g/mol. The van der Waals surface area contributed by atoms with Crippen LogP contribution in [-0.2, 0) is 11.2 Å². The molecule has 2 N–H and O–H groups in total. The first kappa shape index (κ1) is 13.7. The zero-order valence-corrected chi connectivity index (χ0v) is 11.1. The van der Waals surface area contributed by atoms with Crippen LogP contribution < -0.4 is 10.6 Å². The van der Waals surface area contributed by atoms with Gasteiger partial charge in [-0.05, 0) is 13.8 Å². The molecule has 1 atom stereocenters. The molecule has 17 heavy (non-hydrogen) atoms. The van der Waals surface area contributed by atoms with Crippen LogP contribution in [0.25, 0.3) is 0 Å². The van der Waals surface area contributed by atoms with Crippen molar-refractivity contribution >= 4 is 11.6 Å². The van der Waals surface area contributed by atoms with Crippen molar-refractivity contribution in [3.63, 3.8) is 0 Å². The third kappa shape index (κ3) is 3.56. The lowest BCUT2D eigenvalue weighted by Gasteiger charge is -2.28. The standard InChI is InChI=1S/C12H22N4O/c1-5-11-14-10(13)7-12(15-11)16(6-2)9(3)8-17-4/h7,9H,5-6,8H2,1-4H3,(H2,13,14,15). The van der Waals surface area contributed by atoms with Crippen molar-refractivity contribution in [2.75, 3.05) is 30.9 Å². The molecule has 0 aliphatic carbocycles. The smallest absolute Gasteiger partial charge is 0.134 e. The summed E-state index contributed by atoms with van der Waals surface area (Å²) in [6.07, 6.45) is 0.786. The summed E-state index contributed by atoms with van der Waals surface area (Å²) >= 11 is 0. The number of hydrogen-bond donors (Lipinski definition) is 1. The Kier molecular flexibility index (Phi) is 5.15. The van der Waals surface area contributed by atoms with Crippen LogP contribution in [0.5, 0.6) is 0 Å². The molecule has 0 aliphatic rings. The van der Waals surface area contributed by atoms with Gasteiger partial charge in [0.05, 0.1) is 12.6 Å². The highest BCUT2D eigenvalue weighted by atomic mass is 16.5. The Morgan fingerprint density at radius 1 is 1.41 bits per heavy atom. The molecule has 0 spiro atoms. The largest absolute Gasteiger partial charge is 0.384 e. The first-order chi connectivity index (χ1) is 8.12. The van der Waals surface area contributed by atoms with E-state index in [2.05, 4.69) is 28.7 Å². The van der Waals surface area contributed by atoms with Crippen molar-refractivity contribution in [2.45, 2.75) is 33.2 Å². The van der Waals surface area contributed by atoms with E-state index in [1.165, 1.54) is 0 Å². The predicted molar refractivity (Wildman–Crippen MR) is 70.2 cm³/mol. The Balaban J connectivity index is 2.98. The second-order valence-corrected chi connectivity index (χ2v) is 4.01. The van der Waals surface area contributed by atoms with Gasteiger partial charge in [0, 0.05) is 26.1 Å². The molecule has 1 aromatic rings. The van der Waals surface area contributed by atoms with Gasteiger partial charge in [0.1, 0.15) is 17.5 Å². The van der Waals surface area contributed by atoms with Crippen molar-refractivity contribution in [1.82, 2.24) is 9.97 Å². The first-order valence-electron chi connectivity index (χ1n) is 6.01. The number of methoxy groups -OCH3 is 1. The minimum absolute atomic E-state index is 0.268. The van der Waals surface area contributed by atoms with Crippen molar-refractivity contribution < 1.29 is 4.74 Å². The van der Waals surface area contributed by atoms with Crippen LogP contribution in [0.2, 0.25) is 0 Å². The lowest BCUT2D eigenvalue weighted by Crippen LogP contribution is -2.37. The Bertz CT molecular complexity index is 356. The van der Waals surface area contributed by atoms with Gasteiger partial charge in [-0.25, -0.2) is 9.97 Å². The fourth-order valence-corrected chi connectivity index (χ4v) is 1.84. The van der Waals surface area contributed by atoms with Crippen molar-refractivity contribution in [3.05, 3.63) is 11.9 Å². The molecular weight excluding hydrogens is 216 g/mol. The average molecular weight is 238 g/mol. The van der Waals surface area contributed by atoms with E-state index in [0.29, 0.717) is 12.4 Å². The number of aromatic nitrogens is 2. The molecule has 0 bridgehead atoms. The predicted octanol–water partition coefficient (Wildman–Crippen LogP) is 1.48. The fraction of sp³-hybridized carbons (Fsp3) is 0.667. The van der Waals surface area contributed by atoms with Crippen molar-refractivity contribution in [2.24, 2.45) is 0 Å². The summed E-state index contributed by atoms with van der Waals surface area (Å²) in [5.41, 5.74) is 5.79. The maximum absolute atomic E-state index is 5.79. The molecule has 5 nitrogen and oxygen atoms in total. The number of hydrogen-bond acceptors (Lipinski definition) is 5. The van der Waals surface area contributed by atoms with Gasteiger partial charge >= 0.3 is 0 Å². The van der Waals surface area contributed by atoms with Crippen LogP contribution >= 0.6 is 0 Å². The number of anilines is 2. The number of ether oxygens (including phenoxy) is 1. The van der Waals surface area contributed by atoms with E-state index in [1.807, 2.05) is 13.0 Å². The van der Waals surface area contributed by atoms with Gasteiger partial charge in [0.25, 0.3) is 0 Å². The minimum atomic E-state index is 0.268. The van der Waals surface area contributed by atoms with Crippen molar-refractivity contribution in [1.29, 1.82) is 0 Å². The van der Waals surface area contributed by atoms with Crippen LogP contribution in [-0.4, -0.2) is 36.3 Å². The summed E-state index contributed by atoms with van der Waals surface area (Å²) in [5, 5.41) is 0. The molecule has 5 heteroatoms. The topological polar surface area (TPSA) is 64.3 Å². The molecule has 1 aromatic heterocycles. The summed E-state index contributed by atoms with van der Waals surface area (Å²) in [6, 6.07) is 2.08. The molecule has 0 saturated carbocycles. The number of nitrogens with two attached hydrogens (primary N) is 1. The fourth-order valence-electron chi connectivity index (χ4n) is 1.84. The molecule has 0 aromatic carbocycles. The first-order valence-corrected chi connectivity index (χ1v) is 6.01. The molecule has 1 rings (SSSR count). The third-order valence-electron chi connectivity index (χ3n) is 2.67. The van der Waals surface area contributed by atoms with Gasteiger partial charge in [-0.1, -0.05) is 6.92 Å². The number of aryl methyl sites for hydroxylation is 1. The average Bonchev–Trinajstić information content (AvgIpc) is 2.29. The summed E-state index contributed by atoms with van der Waals surface area (Å²) in [6.45, 7) is 7.75. The lowest BCUT2D eigenvalue weighted by atomic mass is 10.3. The molecule has 96 valence electrons. The van der Waals surface area contributed by atoms with E-state index in [9.17, 15) is 0 Å². The highest BCUT2D eigenvalue weighted by Crippen LogP contribution is 2.17. The molecular formula is C12H22N4O. The van der Waals surface area contributed by atoms with Gasteiger partial charge in [-0.15, -0.1) is 0 Å². The number of nitrogens with zero attached hydrogens (tertiary/aromatic N) is 3. The second kappa shape index (κ2) is 6.39. The van der Waals surface area contributed by atoms with Crippen LogP contribution in [0.15, 0.2) is 6.07 Å². The Morgan fingerprint density at radius 2 is 2.12 bits per heavy atom. The van der Waals surface area contributed by atoms with E-state index in [4.69, 9.17) is 10.5 Å². The zero-order chi connectivity index (χ0) is 12.8. The maximum Gasteiger partial charge on any atom is 0.134 e. The zero-order valence-electron chi connectivity index (χ0n) is 11.1. The van der Waals surface area contributed by atoms with Crippen LogP contribution in [0.4, 0.5) is 11.6 Å². The van der Waals surface area contributed by atoms with Gasteiger partial charge in [-0.3, -0.25) is 0 Å². The van der Waals surface area contributed by atoms with Crippen LogP contribution in [0, 0.1) is 0 Å². The third-order valence-corrected chi connectivity index (χ3v) is 2.67. The molecule has 0 saturated heterocycles. The highest BCUT2D eigenvalue weighted by Gasteiger charge is 2.15. The second-order valence-electron chi connectivity index (χ2n) is 4.01. The Morgan fingerprint density at radius 3 is 2.65 bits per heavy atom. The van der Waals surface area contributed by atoms with Crippen LogP contribution in [0.3, 0.4) is 0 Å². The Labute approximate surface area is 103 Å². The number of likely N-dealkylation sites (N-methyl/N-ethyl adjacent to an activating group) is 1. The molecule has 0 radical (unpaired) electrons. The number of nitrogen functional groups attached to an aromatic ring is 1. The minimum Gasteiger partial charge on any atom is -0.384 e. The molecule has 0 aliphatic heterocycles. The maximum atomic E-state index is 5.79. The van der Waals surface area contributed by atoms with E-state index in [1.54, 1.807) is 7.11 Å². The highest BCUT2D eigenvalue weighted by molar-refractivity contribution is 5.47. The van der Waals surface area contributed by atoms with Crippen molar-refractivity contribution in [3.8, 4) is 0 Å². The summed E-state index contributed by atoms with van der Waals surface area (Å²) in [7, 11) is 1.70. The van der Waals surface area contributed by atoms with Crippen LogP contribution in [0.1, 0.15) is 26.6 Å². The normalized spacial score (nSPS) is 12.5. The molecule has 1 unspecified atom stereocenters. The van der Waals surface area contributed by atoms with E-state index in [-0.39, 0.29) is 6.04 Å². The summed E-state index contributed by atoms with van der Waals surface area (Å²) in [4.78, 5) is 10.9. The van der Waals surface area contributed by atoms with E-state index < -0.39 is 0 Å². The van der Waals surface area contributed by atoms with E-state index >= 15 is 0 Å². The van der Waals surface area contributed by atoms with Gasteiger partial charge in [0.2, 0.25) is 0 Å². The van der Waals surface area contributed by atoms with E-state index in [0.717, 1.165) is 24.6 Å². The quantitative estimate of drug-likeness (QED) is 0.813. The summed E-state index contributed by atoms with van der Waals surface area (Å²) in [5.74, 6) is 2.18.